The zero-order valence-electron chi connectivity index (χ0n) is 9.73. The number of benzene rings is 1. The number of aromatic nitrogens is 1. The highest BCUT2D eigenvalue weighted by atomic mass is 19.1. The van der Waals surface area contributed by atoms with Gasteiger partial charge in [0.05, 0.1) is 7.11 Å². The van der Waals surface area contributed by atoms with Crippen LogP contribution in [0.15, 0.2) is 22.6 Å². The highest BCUT2D eigenvalue weighted by Crippen LogP contribution is 2.32. The number of ether oxygens (including phenoxy) is 1. The first kappa shape index (κ1) is 12.1. The van der Waals surface area contributed by atoms with Crippen molar-refractivity contribution in [3.05, 3.63) is 35.5 Å². The zero-order chi connectivity index (χ0) is 13.3. The maximum atomic E-state index is 13.7. The van der Waals surface area contributed by atoms with Crippen molar-refractivity contribution >= 4 is 5.97 Å². The van der Waals surface area contributed by atoms with Crippen molar-refractivity contribution in [3.63, 3.8) is 0 Å². The number of carbonyl (C=O) groups is 1. The van der Waals surface area contributed by atoms with E-state index in [1.165, 1.54) is 26.2 Å². The van der Waals surface area contributed by atoms with Gasteiger partial charge in [0.1, 0.15) is 22.9 Å². The molecule has 0 aliphatic heterocycles. The fraction of sp³-hybridized carbons (Fsp3) is 0.167. The molecule has 2 rings (SSSR count). The summed E-state index contributed by atoms with van der Waals surface area (Å²) in [5.74, 6) is -1.58. The average Bonchev–Trinajstić information content (AvgIpc) is 2.70. The van der Waals surface area contributed by atoms with Gasteiger partial charge in [-0.1, -0.05) is 6.07 Å². The molecule has 18 heavy (non-hydrogen) atoms. The minimum Gasteiger partial charge on any atom is -0.496 e. The van der Waals surface area contributed by atoms with Crippen molar-refractivity contribution in [3.8, 4) is 17.2 Å². The minimum atomic E-state index is -1.22. The van der Waals surface area contributed by atoms with Crippen LogP contribution in [-0.4, -0.2) is 23.2 Å². The Hall–Kier alpha value is -2.37. The first-order valence-corrected chi connectivity index (χ1v) is 5.08. The van der Waals surface area contributed by atoms with E-state index in [0.29, 0.717) is 0 Å². The summed E-state index contributed by atoms with van der Waals surface area (Å²) in [6, 6.07) is 4.24. The number of halogens is 1. The van der Waals surface area contributed by atoms with Gasteiger partial charge in [0.15, 0.2) is 5.69 Å². The minimum absolute atomic E-state index is 0.00981. The van der Waals surface area contributed by atoms with E-state index in [-0.39, 0.29) is 28.7 Å². The molecule has 1 aromatic carbocycles. The van der Waals surface area contributed by atoms with Crippen LogP contribution >= 0.6 is 0 Å². The second-order valence-corrected chi connectivity index (χ2v) is 3.55. The summed E-state index contributed by atoms with van der Waals surface area (Å²) < 4.78 is 23.9. The Kier molecular flexibility index (Phi) is 3.01. The Bertz CT molecular complexity index is 606. The molecule has 94 valence electrons. The zero-order valence-corrected chi connectivity index (χ0v) is 9.73. The van der Waals surface area contributed by atoms with Crippen LogP contribution in [0.25, 0.3) is 11.5 Å². The number of hydrogen-bond acceptors (Lipinski definition) is 4. The molecule has 0 saturated carbocycles. The summed E-state index contributed by atoms with van der Waals surface area (Å²) in [5.41, 5.74) is -0.231. The van der Waals surface area contributed by atoms with Crippen LogP contribution in [0, 0.1) is 12.7 Å². The van der Waals surface area contributed by atoms with E-state index in [9.17, 15) is 9.18 Å². The van der Waals surface area contributed by atoms with Gasteiger partial charge in [-0.15, -0.1) is 0 Å². The van der Waals surface area contributed by atoms with Gasteiger partial charge in [-0.05, 0) is 19.1 Å². The van der Waals surface area contributed by atoms with Crippen LogP contribution in [0.5, 0.6) is 5.75 Å². The Balaban J connectivity index is 2.62. The molecule has 0 amide bonds. The summed E-state index contributed by atoms with van der Waals surface area (Å²) in [5, 5.41) is 8.87. The predicted octanol–water partition coefficient (Wildman–Crippen LogP) is 2.50. The molecule has 0 unspecified atom stereocenters. The summed E-state index contributed by atoms with van der Waals surface area (Å²) in [4.78, 5) is 14.6. The lowest BCUT2D eigenvalue weighted by Gasteiger charge is -2.05. The fourth-order valence-corrected chi connectivity index (χ4v) is 1.58. The van der Waals surface area contributed by atoms with E-state index in [1.807, 2.05) is 0 Å². The molecule has 1 aromatic heterocycles. The lowest BCUT2D eigenvalue weighted by molar-refractivity contribution is 0.0689. The molecule has 0 spiro atoms. The molecule has 0 aliphatic carbocycles. The molecule has 0 atom stereocenters. The monoisotopic (exact) mass is 251 g/mol. The van der Waals surface area contributed by atoms with Crippen molar-refractivity contribution in [1.29, 1.82) is 0 Å². The maximum absolute atomic E-state index is 13.7. The molecule has 0 saturated heterocycles. The van der Waals surface area contributed by atoms with Gasteiger partial charge >= 0.3 is 5.97 Å². The number of aryl methyl sites for hydroxylation is 1. The maximum Gasteiger partial charge on any atom is 0.358 e. The first-order chi connectivity index (χ1) is 8.54. The molecule has 0 aliphatic rings. The van der Waals surface area contributed by atoms with E-state index in [2.05, 4.69) is 4.98 Å². The third-order valence-electron chi connectivity index (χ3n) is 2.41. The highest BCUT2D eigenvalue weighted by molar-refractivity contribution is 5.87. The number of methoxy groups -OCH3 is 1. The first-order valence-electron chi connectivity index (χ1n) is 5.08. The number of carboxylic acid groups (broad SMARTS) is 1. The summed E-state index contributed by atoms with van der Waals surface area (Å²) in [7, 11) is 1.38. The predicted molar refractivity (Wildman–Crippen MR) is 60.1 cm³/mol. The molecule has 1 N–H and O–H groups in total. The van der Waals surface area contributed by atoms with Crippen LogP contribution in [0.1, 0.15) is 16.2 Å². The van der Waals surface area contributed by atoms with Crippen molar-refractivity contribution in [2.45, 2.75) is 6.92 Å². The van der Waals surface area contributed by atoms with Gasteiger partial charge in [-0.25, -0.2) is 14.2 Å². The van der Waals surface area contributed by atoms with E-state index in [0.717, 1.165) is 0 Å². The average molecular weight is 251 g/mol. The largest absolute Gasteiger partial charge is 0.496 e. The molecule has 0 radical (unpaired) electrons. The van der Waals surface area contributed by atoms with Crippen LogP contribution in [0.4, 0.5) is 4.39 Å². The molecule has 0 bridgehead atoms. The lowest BCUT2D eigenvalue weighted by Crippen LogP contribution is -1.98. The quantitative estimate of drug-likeness (QED) is 0.907. The number of hydrogen-bond donors (Lipinski definition) is 1. The normalized spacial score (nSPS) is 10.4. The van der Waals surface area contributed by atoms with Crippen LogP contribution in [0.2, 0.25) is 0 Å². The standard InChI is InChI=1S/C12H10FNO4/c1-6-10(12(15)16)14-11(18-6)9-7(13)4-3-5-8(9)17-2/h3-5H,1-2H3,(H,15,16). The molecule has 0 fully saturated rings. The topological polar surface area (TPSA) is 72.6 Å². The van der Waals surface area contributed by atoms with Gasteiger partial charge in [0.2, 0.25) is 5.89 Å². The lowest BCUT2D eigenvalue weighted by atomic mass is 10.2. The Labute approximate surface area is 102 Å². The molecule has 1 heterocycles. The Morgan fingerprint density at radius 2 is 2.22 bits per heavy atom. The third kappa shape index (κ3) is 1.92. The van der Waals surface area contributed by atoms with Crippen LogP contribution in [0.3, 0.4) is 0 Å². The number of oxazole rings is 1. The van der Waals surface area contributed by atoms with E-state index in [1.54, 1.807) is 6.07 Å². The van der Waals surface area contributed by atoms with Gasteiger partial charge in [0, 0.05) is 0 Å². The summed E-state index contributed by atoms with van der Waals surface area (Å²) in [6.07, 6.45) is 0. The van der Waals surface area contributed by atoms with Crippen molar-refractivity contribution < 1.29 is 23.4 Å². The van der Waals surface area contributed by atoms with Crippen molar-refractivity contribution in [2.24, 2.45) is 0 Å². The summed E-state index contributed by atoms with van der Waals surface area (Å²) >= 11 is 0. The summed E-state index contributed by atoms with van der Waals surface area (Å²) in [6.45, 7) is 1.45. The second-order valence-electron chi connectivity index (χ2n) is 3.55. The van der Waals surface area contributed by atoms with Gasteiger partial charge in [-0.3, -0.25) is 0 Å². The van der Waals surface area contributed by atoms with Crippen molar-refractivity contribution in [2.75, 3.05) is 7.11 Å². The molecule has 6 heteroatoms. The highest BCUT2D eigenvalue weighted by Gasteiger charge is 2.21. The van der Waals surface area contributed by atoms with Gasteiger partial charge in [0.25, 0.3) is 0 Å². The Morgan fingerprint density at radius 3 is 2.78 bits per heavy atom. The van der Waals surface area contributed by atoms with E-state index < -0.39 is 11.8 Å². The van der Waals surface area contributed by atoms with E-state index in [4.69, 9.17) is 14.3 Å². The van der Waals surface area contributed by atoms with Gasteiger partial charge in [-0.2, -0.15) is 0 Å². The van der Waals surface area contributed by atoms with Gasteiger partial charge < -0.3 is 14.3 Å². The van der Waals surface area contributed by atoms with Crippen molar-refractivity contribution in [1.82, 2.24) is 4.98 Å². The SMILES string of the molecule is COc1cccc(F)c1-c1nc(C(=O)O)c(C)o1. The number of aromatic carboxylic acids is 1. The number of carboxylic acids is 1. The molecular formula is C12H10FNO4. The smallest absolute Gasteiger partial charge is 0.358 e. The molecule has 5 nitrogen and oxygen atoms in total. The van der Waals surface area contributed by atoms with E-state index >= 15 is 0 Å². The Morgan fingerprint density at radius 1 is 1.50 bits per heavy atom. The van der Waals surface area contributed by atoms with Crippen LogP contribution in [-0.2, 0) is 0 Å². The number of nitrogens with zero attached hydrogens (tertiary/aromatic N) is 1. The fourth-order valence-electron chi connectivity index (χ4n) is 1.58. The molecular weight excluding hydrogens is 241 g/mol. The second kappa shape index (κ2) is 4.48. The number of rotatable bonds is 3. The third-order valence-corrected chi connectivity index (χ3v) is 2.41. The molecule has 2 aromatic rings. The van der Waals surface area contributed by atoms with Crippen LogP contribution < -0.4 is 4.74 Å².